The number of pyridine rings is 1. The first-order chi connectivity index (χ1) is 20.9. The first-order valence-electron chi connectivity index (χ1n) is 14.3. The molecule has 0 bridgehead atoms. The van der Waals surface area contributed by atoms with Gasteiger partial charge in [-0.25, -0.2) is 18.4 Å². The highest BCUT2D eigenvalue weighted by molar-refractivity contribution is 6.13. The van der Waals surface area contributed by atoms with Gasteiger partial charge in [0, 0.05) is 48.5 Å². The number of carbonyl (C=O) groups is 1. The number of aromatic amines is 1. The van der Waals surface area contributed by atoms with Crippen LogP contribution in [0.15, 0.2) is 54.9 Å². The van der Waals surface area contributed by atoms with Crippen LogP contribution in [0.3, 0.4) is 0 Å². The highest BCUT2D eigenvalue weighted by Gasteiger charge is 2.28. The molecule has 2 aromatic carbocycles. The van der Waals surface area contributed by atoms with E-state index in [2.05, 4.69) is 26.0 Å². The van der Waals surface area contributed by atoms with Gasteiger partial charge in [-0.2, -0.15) is 5.10 Å². The van der Waals surface area contributed by atoms with Crippen molar-refractivity contribution in [3.63, 3.8) is 0 Å². The molecule has 2 aliphatic rings. The Morgan fingerprint density at radius 2 is 1.88 bits per heavy atom. The van der Waals surface area contributed by atoms with Crippen LogP contribution in [-0.2, 0) is 11.2 Å². The van der Waals surface area contributed by atoms with Gasteiger partial charge < -0.3 is 25.1 Å². The lowest BCUT2D eigenvalue weighted by Gasteiger charge is -2.40. The van der Waals surface area contributed by atoms with Crippen LogP contribution in [0.25, 0.3) is 16.6 Å². The Hall–Kier alpha value is -4.77. The zero-order valence-corrected chi connectivity index (χ0v) is 23.6. The van der Waals surface area contributed by atoms with Crippen LogP contribution in [0.4, 0.5) is 20.3 Å². The summed E-state index contributed by atoms with van der Waals surface area (Å²) in [5, 5.41) is 5.41. The van der Waals surface area contributed by atoms with Crippen molar-refractivity contribution in [1.82, 2.24) is 19.7 Å². The summed E-state index contributed by atoms with van der Waals surface area (Å²) in [4.78, 5) is 23.7. The number of aryl methyl sites for hydroxylation is 2. The zero-order chi connectivity index (χ0) is 29.7. The third-order valence-electron chi connectivity index (χ3n) is 8.36. The third-order valence-corrected chi connectivity index (χ3v) is 8.36. The van der Waals surface area contributed by atoms with Crippen molar-refractivity contribution in [2.24, 2.45) is 0 Å². The lowest BCUT2D eigenvalue weighted by atomic mass is 9.94. The van der Waals surface area contributed by atoms with Crippen molar-refractivity contribution in [1.29, 1.82) is 0 Å². The lowest BCUT2D eigenvalue weighted by Crippen LogP contribution is -2.42. The fourth-order valence-electron chi connectivity index (χ4n) is 6.18. The Bertz CT molecular complexity index is 1840. The SMILES string of the molecule is Cc1cc(Oc2c(F)cccc2F)ncc1-n1ncc(C(=O)c2cc3c4c(ccc3[nH]2)N(C2CCOCC2)CCC4)c1N. The topological polar surface area (TPSA) is 111 Å². The molecule has 9 nitrogen and oxygen atoms in total. The number of H-pyrrole nitrogens is 1. The van der Waals surface area contributed by atoms with E-state index in [0.29, 0.717) is 23.0 Å². The van der Waals surface area contributed by atoms with Gasteiger partial charge in [0.25, 0.3) is 0 Å². The molecule has 0 amide bonds. The number of halogens is 2. The normalized spacial score (nSPS) is 15.6. The number of benzene rings is 2. The summed E-state index contributed by atoms with van der Waals surface area (Å²) in [5.74, 6) is -2.33. The van der Waals surface area contributed by atoms with Gasteiger partial charge in [0.15, 0.2) is 11.6 Å². The maximum absolute atomic E-state index is 14.0. The quantitative estimate of drug-likeness (QED) is 0.240. The van der Waals surface area contributed by atoms with Crippen LogP contribution in [0.2, 0.25) is 0 Å². The molecule has 11 heteroatoms. The Morgan fingerprint density at radius 1 is 1.09 bits per heavy atom. The van der Waals surface area contributed by atoms with Gasteiger partial charge in [-0.15, -0.1) is 0 Å². The maximum atomic E-state index is 14.0. The van der Waals surface area contributed by atoms with Crippen molar-refractivity contribution >= 4 is 28.2 Å². The number of anilines is 2. The molecule has 43 heavy (non-hydrogen) atoms. The van der Waals surface area contributed by atoms with E-state index < -0.39 is 17.4 Å². The monoisotopic (exact) mass is 584 g/mol. The first kappa shape index (κ1) is 27.1. The minimum absolute atomic E-state index is 0.00377. The van der Waals surface area contributed by atoms with E-state index in [1.165, 1.54) is 40.5 Å². The highest BCUT2D eigenvalue weighted by Crippen LogP contribution is 2.37. The fraction of sp³-hybridized carbons (Fsp3) is 0.281. The van der Waals surface area contributed by atoms with Crippen LogP contribution in [0.5, 0.6) is 11.6 Å². The Morgan fingerprint density at radius 3 is 2.65 bits per heavy atom. The number of para-hydroxylation sites is 1. The number of aromatic nitrogens is 4. The molecule has 1 fully saturated rings. The number of nitrogens with one attached hydrogen (secondary N) is 1. The Labute approximate surface area is 246 Å². The number of hydrogen-bond donors (Lipinski definition) is 2. The van der Waals surface area contributed by atoms with Crippen molar-refractivity contribution in [2.45, 2.75) is 38.6 Å². The average molecular weight is 585 g/mol. The fourth-order valence-corrected chi connectivity index (χ4v) is 6.18. The number of rotatable bonds is 6. The van der Waals surface area contributed by atoms with Crippen molar-refractivity contribution in [2.75, 3.05) is 30.4 Å². The lowest BCUT2D eigenvalue weighted by molar-refractivity contribution is 0.0841. The van der Waals surface area contributed by atoms with E-state index in [0.717, 1.165) is 68.5 Å². The molecule has 3 aromatic heterocycles. The van der Waals surface area contributed by atoms with Gasteiger partial charge in [-0.3, -0.25) is 4.79 Å². The average Bonchev–Trinajstić information content (AvgIpc) is 3.63. The van der Waals surface area contributed by atoms with E-state index in [-0.39, 0.29) is 23.0 Å². The number of carbonyl (C=O) groups excluding carboxylic acids is 1. The molecule has 0 unspecified atom stereocenters. The van der Waals surface area contributed by atoms with Crippen LogP contribution in [0.1, 0.15) is 46.4 Å². The molecule has 2 aliphatic heterocycles. The van der Waals surface area contributed by atoms with E-state index in [4.69, 9.17) is 15.2 Å². The predicted octanol–water partition coefficient (Wildman–Crippen LogP) is 5.87. The molecular formula is C32H30F2N6O3. The summed E-state index contributed by atoms with van der Waals surface area (Å²) in [7, 11) is 0. The van der Waals surface area contributed by atoms with Gasteiger partial charge >= 0.3 is 0 Å². The minimum Gasteiger partial charge on any atom is -0.433 e. The molecule has 5 aromatic rings. The highest BCUT2D eigenvalue weighted by atomic mass is 19.1. The number of ketones is 1. The van der Waals surface area contributed by atoms with Crippen LogP contribution in [0, 0.1) is 18.6 Å². The predicted molar refractivity (Wildman–Crippen MR) is 158 cm³/mol. The van der Waals surface area contributed by atoms with Crippen molar-refractivity contribution in [3.05, 3.63) is 88.9 Å². The van der Waals surface area contributed by atoms with E-state index in [9.17, 15) is 13.6 Å². The van der Waals surface area contributed by atoms with Gasteiger partial charge in [-0.1, -0.05) is 6.07 Å². The molecule has 7 rings (SSSR count). The van der Waals surface area contributed by atoms with Gasteiger partial charge in [-0.05, 0) is 74.1 Å². The Kier molecular flexibility index (Phi) is 6.81. The second-order valence-electron chi connectivity index (χ2n) is 11.0. The number of hydrogen-bond acceptors (Lipinski definition) is 7. The van der Waals surface area contributed by atoms with E-state index >= 15 is 0 Å². The second-order valence-corrected chi connectivity index (χ2v) is 11.0. The summed E-state index contributed by atoms with van der Waals surface area (Å²) >= 11 is 0. The number of nitrogens with two attached hydrogens (primary N) is 1. The molecule has 0 radical (unpaired) electrons. The standard InChI is InChI=1S/C32H30F2N6O3/c1-18-14-29(43-31-23(33)5-2-6-24(31)34)36-17-28(18)40-32(35)22(16-37-40)30(41)26-15-21-20-4-3-11-39(19-9-12-42-13-10-19)27(20)8-7-25(21)38-26/h2,5-8,14-17,19,38H,3-4,9-13,35H2,1H3. The van der Waals surface area contributed by atoms with Crippen LogP contribution < -0.4 is 15.4 Å². The van der Waals surface area contributed by atoms with Crippen LogP contribution in [-0.4, -0.2) is 51.3 Å². The number of ether oxygens (including phenoxy) is 2. The van der Waals surface area contributed by atoms with E-state index in [1.807, 2.05) is 12.1 Å². The summed E-state index contributed by atoms with van der Waals surface area (Å²) < 4.78 is 40.4. The van der Waals surface area contributed by atoms with Crippen molar-refractivity contribution in [3.8, 4) is 17.3 Å². The molecule has 0 spiro atoms. The number of nitrogens with zero attached hydrogens (tertiary/aromatic N) is 4. The van der Waals surface area contributed by atoms with Crippen molar-refractivity contribution < 1.29 is 23.0 Å². The van der Waals surface area contributed by atoms with Gasteiger partial charge in [0.1, 0.15) is 5.82 Å². The molecule has 0 atom stereocenters. The number of nitrogen functional groups attached to an aromatic ring is 1. The zero-order valence-electron chi connectivity index (χ0n) is 23.6. The molecule has 1 saturated heterocycles. The molecule has 0 aliphatic carbocycles. The maximum Gasteiger partial charge on any atom is 0.219 e. The first-order valence-corrected chi connectivity index (χ1v) is 14.3. The second kappa shape index (κ2) is 10.8. The smallest absolute Gasteiger partial charge is 0.219 e. The summed E-state index contributed by atoms with van der Waals surface area (Å²) in [5.41, 5.74) is 11.6. The van der Waals surface area contributed by atoms with Gasteiger partial charge in [0.05, 0.1) is 29.3 Å². The molecule has 220 valence electrons. The summed E-state index contributed by atoms with van der Waals surface area (Å²) in [6.45, 7) is 4.36. The minimum atomic E-state index is -0.836. The number of fused-ring (bicyclic) bond motifs is 3. The summed E-state index contributed by atoms with van der Waals surface area (Å²) in [6, 6.07) is 11.6. The Balaban J connectivity index is 1.16. The third kappa shape index (κ3) is 4.79. The molecule has 3 N–H and O–H groups in total. The molecule has 5 heterocycles. The molecule has 0 saturated carbocycles. The van der Waals surface area contributed by atoms with Gasteiger partial charge in [0.2, 0.25) is 17.4 Å². The van der Waals surface area contributed by atoms with E-state index in [1.54, 1.807) is 6.92 Å². The summed E-state index contributed by atoms with van der Waals surface area (Å²) in [6.07, 6.45) is 6.92. The largest absolute Gasteiger partial charge is 0.433 e. The van der Waals surface area contributed by atoms with Crippen LogP contribution >= 0.6 is 0 Å². The molecular weight excluding hydrogens is 554 g/mol.